The third kappa shape index (κ3) is 6.42. The summed E-state index contributed by atoms with van der Waals surface area (Å²) >= 11 is 11.0. The number of hydrazine groups is 1. The first-order valence-electron chi connectivity index (χ1n) is 7.83. The van der Waals surface area contributed by atoms with Gasteiger partial charge >= 0.3 is 0 Å². The number of methoxy groups -OCH3 is 2. The summed E-state index contributed by atoms with van der Waals surface area (Å²) in [6.07, 6.45) is 0.818. The van der Waals surface area contributed by atoms with Crippen molar-refractivity contribution in [3.63, 3.8) is 0 Å². The molecule has 0 aliphatic heterocycles. The number of benzene rings is 2. The lowest BCUT2D eigenvalue weighted by Crippen LogP contribution is -2.43. The van der Waals surface area contributed by atoms with Gasteiger partial charge in [0.2, 0.25) is 5.91 Å². The van der Waals surface area contributed by atoms with Gasteiger partial charge in [0.05, 0.1) is 14.2 Å². The highest BCUT2D eigenvalue weighted by Gasteiger charge is 2.06. The van der Waals surface area contributed by atoms with Gasteiger partial charge in [-0.05, 0) is 54.5 Å². The van der Waals surface area contributed by atoms with E-state index < -0.39 is 0 Å². The van der Waals surface area contributed by atoms with E-state index in [1.54, 1.807) is 38.5 Å². The number of carbonyl (C=O) groups is 1. The molecule has 0 fully saturated rings. The molecule has 0 saturated carbocycles. The second kappa shape index (κ2) is 9.84. The minimum atomic E-state index is -0.193. The van der Waals surface area contributed by atoms with Crippen molar-refractivity contribution in [1.82, 2.24) is 10.9 Å². The van der Waals surface area contributed by atoms with E-state index in [1.807, 2.05) is 18.2 Å². The fraction of sp³-hybridized carbons (Fsp3) is 0.222. The first-order valence-corrected chi connectivity index (χ1v) is 8.62. The molecule has 0 aromatic heterocycles. The maximum absolute atomic E-state index is 12.0. The van der Waals surface area contributed by atoms with Gasteiger partial charge in [0, 0.05) is 23.2 Å². The first-order chi connectivity index (χ1) is 12.5. The Bertz CT molecular complexity index is 764. The number of hydrogen-bond acceptors (Lipinski definition) is 4. The number of carbonyl (C=O) groups excluding carboxylic acids is 1. The lowest BCUT2D eigenvalue weighted by molar-refractivity contribution is -0.121. The van der Waals surface area contributed by atoms with Gasteiger partial charge in [0.1, 0.15) is 11.5 Å². The van der Waals surface area contributed by atoms with E-state index in [0.717, 1.165) is 11.3 Å². The molecule has 0 radical (unpaired) electrons. The summed E-state index contributed by atoms with van der Waals surface area (Å²) < 4.78 is 10.4. The number of amides is 1. The van der Waals surface area contributed by atoms with Crippen LogP contribution in [0.25, 0.3) is 0 Å². The summed E-state index contributed by atoms with van der Waals surface area (Å²) in [4.78, 5) is 12.0. The molecule has 26 heavy (non-hydrogen) atoms. The minimum absolute atomic E-state index is 0.193. The van der Waals surface area contributed by atoms with E-state index in [9.17, 15) is 4.79 Å². The maximum Gasteiger partial charge on any atom is 0.238 e. The van der Waals surface area contributed by atoms with Crippen molar-refractivity contribution in [3.05, 3.63) is 53.1 Å². The highest BCUT2D eigenvalue weighted by molar-refractivity contribution is 7.80. The van der Waals surface area contributed by atoms with E-state index in [4.69, 9.17) is 33.3 Å². The topological polar surface area (TPSA) is 71.6 Å². The molecule has 0 atom stereocenters. The van der Waals surface area contributed by atoms with Crippen molar-refractivity contribution in [2.45, 2.75) is 12.8 Å². The highest BCUT2D eigenvalue weighted by Crippen LogP contribution is 2.23. The zero-order valence-corrected chi connectivity index (χ0v) is 16.0. The smallest absolute Gasteiger partial charge is 0.238 e. The van der Waals surface area contributed by atoms with Gasteiger partial charge in [-0.3, -0.25) is 15.6 Å². The van der Waals surface area contributed by atoms with E-state index in [2.05, 4.69) is 16.2 Å². The average molecular weight is 394 g/mol. The fourth-order valence-electron chi connectivity index (χ4n) is 2.19. The van der Waals surface area contributed by atoms with Gasteiger partial charge in [0.25, 0.3) is 0 Å². The van der Waals surface area contributed by atoms with Crippen LogP contribution in [0.4, 0.5) is 5.69 Å². The van der Waals surface area contributed by atoms with Crippen LogP contribution in [-0.4, -0.2) is 25.2 Å². The van der Waals surface area contributed by atoms with Gasteiger partial charge < -0.3 is 14.8 Å². The highest BCUT2D eigenvalue weighted by atomic mass is 35.5. The monoisotopic (exact) mass is 393 g/mol. The van der Waals surface area contributed by atoms with E-state index in [0.29, 0.717) is 22.9 Å². The van der Waals surface area contributed by atoms with Crippen molar-refractivity contribution in [2.75, 3.05) is 19.5 Å². The summed E-state index contributed by atoms with van der Waals surface area (Å²) in [5.41, 5.74) is 6.89. The van der Waals surface area contributed by atoms with Crippen molar-refractivity contribution in [2.24, 2.45) is 0 Å². The van der Waals surface area contributed by atoms with Crippen LogP contribution in [0.5, 0.6) is 11.5 Å². The Kier molecular flexibility index (Phi) is 7.50. The second-order valence-corrected chi connectivity index (χ2v) is 6.20. The number of thiocarbonyl (C=S) groups is 1. The Morgan fingerprint density at radius 1 is 1.08 bits per heavy atom. The molecule has 0 heterocycles. The standard InChI is InChI=1S/C18H20ClN3O3S/c1-24-15-8-12(9-16(11-15)25-2)6-7-17(23)21-22-18(26)20-14-5-3-4-13(19)10-14/h3-5,8-11H,6-7H2,1-2H3,(H,21,23)(H2,20,22,26). The summed E-state index contributed by atoms with van der Waals surface area (Å²) in [5.74, 6) is 1.18. The number of ether oxygens (including phenoxy) is 2. The minimum Gasteiger partial charge on any atom is -0.497 e. The van der Waals surface area contributed by atoms with Crippen LogP contribution >= 0.6 is 23.8 Å². The molecular weight excluding hydrogens is 374 g/mol. The molecule has 0 bridgehead atoms. The third-order valence-electron chi connectivity index (χ3n) is 3.45. The molecule has 0 unspecified atom stereocenters. The molecule has 2 aromatic rings. The number of nitrogens with one attached hydrogen (secondary N) is 3. The van der Waals surface area contributed by atoms with Gasteiger partial charge in [-0.2, -0.15) is 0 Å². The zero-order valence-electron chi connectivity index (χ0n) is 14.5. The van der Waals surface area contributed by atoms with Crippen LogP contribution in [-0.2, 0) is 11.2 Å². The van der Waals surface area contributed by atoms with E-state index >= 15 is 0 Å². The van der Waals surface area contributed by atoms with Crippen molar-refractivity contribution in [3.8, 4) is 11.5 Å². The third-order valence-corrected chi connectivity index (χ3v) is 3.89. The average Bonchev–Trinajstić information content (AvgIpc) is 2.64. The molecule has 8 heteroatoms. The summed E-state index contributed by atoms with van der Waals surface area (Å²) in [6, 6.07) is 12.6. The molecular formula is C18H20ClN3O3S. The van der Waals surface area contributed by atoms with Gasteiger partial charge in [-0.1, -0.05) is 17.7 Å². The summed E-state index contributed by atoms with van der Waals surface area (Å²) in [5, 5.41) is 3.79. The molecule has 0 aliphatic rings. The first kappa shape index (κ1) is 19.8. The van der Waals surface area contributed by atoms with Crippen LogP contribution in [0.2, 0.25) is 5.02 Å². The van der Waals surface area contributed by atoms with Crippen molar-refractivity contribution < 1.29 is 14.3 Å². The summed E-state index contributed by atoms with van der Waals surface area (Å²) in [6.45, 7) is 0. The molecule has 2 rings (SSSR count). The van der Waals surface area contributed by atoms with Gasteiger partial charge in [0.15, 0.2) is 5.11 Å². The van der Waals surface area contributed by atoms with Crippen molar-refractivity contribution in [1.29, 1.82) is 0 Å². The summed E-state index contributed by atoms with van der Waals surface area (Å²) in [7, 11) is 3.17. The number of halogens is 1. The Morgan fingerprint density at radius 2 is 1.77 bits per heavy atom. The number of aryl methyl sites for hydroxylation is 1. The predicted molar refractivity (Wildman–Crippen MR) is 107 cm³/mol. The predicted octanol–water partition coefficient (Wildman–Crippen LogP) is 3.31. The second-order valence-electron chi connectivity index (χ2n) is 5.36. The Morgan fingerprint density at radius 3 is 2.38 bits per heavy atom. The van der Waals surface area contributed by atoms with Crippen LogP contribution in [0, 0.1) is 0 Å². The SMILES string of the molecule is COc1cc(CCC(=O)NNC(=S)Nc2cccc(Cl)c2)cc(OC)c1. The molecule has 6 nitrogen and oxygen atoms in total. The normalized spacial score (nSPS) is 9.96. The quantitative estimate of drug-likeness (QED) is 0.516. The van der Waals surface area contributed by atoms with Gasteiger partial charge in [-0.25, -0.2) is 0 Å². The maximum atomic E-state index is 12.0. The van der Waals surface area contributed by atoms with Crippen LogP contribution < -0.4 is 25.6 Å². The van der Waals surface area contributed by atoms with Crippen LogP contribution in [0.15, 0.2) is 42.5 Å². The van der Waals surface area contributed by atoms with Crippen molar-refractivity contribution >= 4 is 40.5 Å². The zero-order chi connectivity index (χ0) is 18.9. The Labute approximate surface area is 162 Å². The van der Waals surface area contributed by atoms with E-state index in [-0.39, 0.29) is 17.4 Å². The molecule has 2 aromatic carbocycles. The Balaban J connectivity index is 1.79. The number of anilines is 1. The van der Waals surface area contributed by atoms with E-state index in [1.165, 1.54) is 0 Å². The molecule has 138 valence electrons. The largest absolute Gasteiger partial charge is 0.497 e. The van der Waals surface area contributed by atoms with Gasteiger partial charge in [-0.15, -0.1) is 0 Å². The Hall–Kier alpha value is -2.51. The molecule has 0 spiro atoms. The molecule has 0 aliphatic carbocycles. The lowest BCUT2D eigenvalue weighted by Gasteiger charge is -2.12. The number of hydrogen-bond donors (Lipinski definition) is 3. The number of rotatable bonds is 6. The fourth-order valence-corrected chi connectivity index (χ4v) is 2.55. The molecule has 1 amide bonds. The van der Waals surface area contributed by atoms with Crippen LogP contribution in [0.1, 0.15) is 12.0 Å². The molecule has 3 N–H and O–H groups in total. The van der Waals surface area contributed by atoms with Crippen LogP contribution in [0.3, 0.4) is 0 Å². The molecule has 0 saturated heterocycles. The lowest BCUT2D eigenvalue weighted by atomic mass is 10.1.